The number of hydrogen-bond donors (Lipinski definition) is 1. The number of amides is 1. The van der Waals surface area contributed by atoms with Gasteiger partial charge >= 0.3 is 0 Å². The van der Waals surface area contributed by atoms with Crippen molar-refractivity contribution in [1.82, 2.24) is 14.9 Å². The minimum absolute atomic E-state index is 0.0702. The van der Waals surface area contributed by atoms with Gasteiger partial charge in [-0.1, -0.05) is 30.3 Å². The van der Waals surface area contributed by atoms with Crippen LogP contribution in [0.15, 0.2) is 41.1 Å². The highest BCUT2D eigenvalue weighted by Gasteiger charge is 2.26. The molecule has 5 nitrogen and oxygen atoms in total. The third kappa shape index (κ3) is 4.61. The van der Waals surface area contributed by atoms with Gasteiger partial charge in [0.2, 0.25) is 5.91 Å². The fourth-order valence-corrected chi connectivity index (χ4v) is 4.80. The Balaban J connectivity index is 1.28. The van der Waals surface area contributed by atoms with Gasteiger partial charge in [-0.2, -0.15) is 0 Å². The average molecular weight is 399 g/mol. The number of carbonyl (C=O) groups is 1. The Morgan fingerprint density at radius 1 is 1.15 bits per heavy atom. The summed E-state index contributed by atoms with van der Waals surface area (Å²) in [7, 11) is 0. The molecule has 140 valence electrons. The van der Waals surface area contributed by atoms with Crippen molar-refractivity contribution in [1.29, 1.82) is 0 Å². The Kier molecular flexibility index (Phi) is 5.61. The van der Waals surface area contributed by atoms with Crippen LogP contribution in [0.2, 0.25) is 0 Å². The SMILES string of the molecule is Cc1csc(NC(=O)C2CCN(Cc3csc(-c4ccccc4)n3)CC2)n1. The van der Waals surface area contributed by atoms with E-state index in [1.807, 2.05) is 30.5 Å². The van der Waals surface area contributed by atoms with Crippen molar-refractivity contribution in [2.24, 2.45) is 5.92 Å². The van der Waals surface area contributed by atoms with Crippen LogP contribution in [-0.2, 0) is 11.3 Å². The van der Waals surface area contributed by atoms with Gasteiger partial charge in [-0.05, 0) is 32.9 Å². The van der Waals surface area contributed by atoms with Gasteiger partial charge in [0.1, 0.15) is 5.01 Å². The number of likely N-dealkylation sites (tertiary alicyclic amines) is 1. The molecule has 1 aliphatic heterocycles. The van der Waals surface area contributed by atoms with Crippen LogP contribution in [0, 0.1) is 12.8 Å². The minimum Gasteiger partial charge on any atom is -0.302 e. The largest absolute Gasteiger partial charge is 0.302 e. The summed E-state index contributed by atoms with van der Waals surface area (Å²) in [5.74, 6) is 0.171. The smallest absolute Gasteiger partial charge is 0.229 e. The predicted octanol–water partition coefficient (Wildman–Crippen LogP) is 4.43. The van der Waals surface area contributed by atoms with E-state index >= 15 is 0 Å². The monoisotopic (exact) mass is 398 g/mol. The molecule has 0 spiro atoms. The molecule has 1 saturated heterocycles. The Bertz CT molecular complexity index is 898. The molecule has 1 amide bonds. The Morgan fingerprint density at radius 2 is 1.93 bits per heavy atom. The molecule has 3 heterocycles. The minimum atomic E-state index is 0.0702. The third-order valence-corrected chi connectivity index (χ3v) is 6.58. The standard InChI is InChI=1S/C20H22N4OS2/c1-14-12-27-20(21-14)23-18(25)15-7-9-24(10-8-15)11-17-13-26-19(22-17)16-5-3-2-4-6-16/h2-6,12-13,15H,7-11H2,1H3,(H,21,23,25). The van der Waals surface area contributed by atoms with E-state index in [0.29, 0.717) is 5.13 Å². The first-order valence-corrected chi connectivity index (χ1v) is 10.9. The zero-order valence-corrected chi connectivity index (χ0v) is 16.9. The summed E-state index contributed by atoms with van der Waals surface area (Å²) in [5.41, 5.74) is 3.23. The maximum atomic E-state index is 12.4. The van der Waals surface area contributed by atoms with Gasteiger partial charge < -0.3 is 5.32 Å². The van der Waals surface area contributed by atoms with Crippen LogP contribution in [0.5, 0.6) is 0 Å². The van der Waals surface area contributed by atoms with Crippen LogP contribution in [-0.4, -0.2) is 33.9 Å². The first-order valence-electron chi connectivity index (χ1n) is 9.12. The number of hydrogen-bond acceptors (Lipinski definition) is 6. The van der Waals surface area contributed by atoms with Gasteiger partial charge in [0, 0.05) is 28.8 Å². The fraction of sp³-hybridized carbons (Fsp3) is 0.350. The van der Waals surface area contributed by atoms with Crippen LogP contribution in [0.4, 0.5) is 5.13 Å². The van der Waals surface area contributed by atoms with E-state index in [0.717, 1.165) is 48.9 Å². The number of thiazole rings is 2. The average Bonchev–Trinajstić information content (AvgIpc) is 3.32. The first kappa shape index (κ1) is 18.3. The van der Waals surface area contributed by atoms with Crippen molar-refractivity contribution in [3.63, 3.8) is 0 Å². The molecule has 27 heavy (non-hydrogen) atoms. The first-order chi connectivity index (χ1) is 13.2. The Labute approximate surface area is 167 Å². The molecular formula is C20H22N4OS2. The summed E-state index contributed by atoms with van der Waals surface area (Å²) in [5, 5.41) is 8.83. The lowest BCUT2D eigenvalue weighted by molar-refractivity contribution is -0.121. The van der Waals surface area contributed by atoms with E-state index in [1.54, 1.807) is 11.3 Å². The summed E-state index contributed by atoms with van der Waals surface area (Å²) in [6.45, 7) is 4.63. The molecule has 3 aromatic rings. The lowest BCUT2D eigenvalue weighted by Gasteiger charge is -2.30. The second-order valence-electron chi connectivity index (χ2n) is 6.84. The number of anilines is 1. The second kappa shape index (κ2) is 8.29. The molecule has 7 heteroatoms. The van der Waals surface area contributed by atoms with E-state index < -0.39 is 0 Å². The van der Waals surface area contributed by atoms with Gasteiger partial charge in [-0.25, -0.2) is 9.97 Å². The molecule has 0 bridgehead atoms. The number of aromatic nitrogens is 2. The highest BCUT2D eigenvalue weighted by molar-refractivity contribution is 7.14. The molecule has 1 aliphatic rings. The van der Waals surface area contributed by atoms with E-state index in [2.05, 4.69) is 32.7 Å². The molecule has 1 fully saturated rings. The maximum Gasteiger partial charge on any atom is 0.229 e. The summed E-state index contributed by atoms with van der Waals surface area (Å²) in [4.78, 5) is 23.9. The molecule has 0 saturated carbocycles. The van der Waals surface area contributed by atoms with Gasteiger partial charge in [-0.3, -0.25) is 9.69 Å². The van der Waals surface area contributed by atoms with Crippen molar-refractivity contribution < 1.29 is 4.79 Å². The van der Waals surface area contributed by atoms with Crippen molar-refractivity contribution in [3.8, 4) is 10.6 Å². The molecule has 0 atom stereocenters. The maximum absolute atomic E-state index is 12.4. The molecule has 0 aliphatic carbocycles. The van der Waals surface area contributed by atoms with E-state index in [1.165, 1.54) is 16.9 Å². The molecular weight excluding hydrogens is 376 g/mol. The third-order valence-electron chi connectivity index (χ3n) is 4.77. The van der Waals surface area contributed by atoms with Gasteiger partial charge in [-0.15, -0.1) is 22.7 Å². The van der Waals surface area contributed by atoms with Crippen molar-refractivity contribution in [2.75, 3.05) is 18.4 Å². The summed E-state index contributed by atoms with van der Waals surface area (Å²) >= 11 is 3.18. The van der Waals surface area contributed by atoms with Crippen LogP contribution >= 0.6 is 22.7 Å². The second-order valence-corrected chi connectivity index (χ2v) is 8.56. The number of aryl methyl sites for hydroxylation is 1. The van der Waals surface area contributed by atoms with Crippen molar-refractivity contribution in [2.45, 2.75) is 26.3 Å². The van der Waals surface area contributed by atoms with Gasteiger partial charge in [0.15, 0.2) is 5.13 Å². The number of rotatable bonds is 5. The fourth-order valence-electron chi connectivity index (χ4n) is 3.29. The zero-order chi connectivity index (χ0) is 18.6. The highest BCUT2D eigenvalue weighted by atomic mass is 32.1. The van der Waals surface area contributed by atoms with Gasteiger partial charge in [0.25, 0.3) is 0 Å². The zero-order valence-electron chi connectivity index (χ0n) is 15.2. The van der Waals surface area contributed by atoms with Crippen molar-refractivity contribution in [3.05, 3.63) is 52.5 Å². The number of benzene rings is 1. The van der Waals surface area contributed by atoms with E-state index in [-0.39, 0.29) is 11.8 Å². The van der Waals surface area contributed by atoms with Crippen LogP contribution in [0.1, 0.15) is 24.2 Å². The number of nitrogens with one attached hydrogen (secondary N) is 1. The number of piperidine rings is 1. The molecule has 0 radical (unpaired) electrons. The number of nitrogens with zero attached hydrogens (tertiary/aromatic N) is 3. The van der Waals surface area contributed by atoms with Gasteiger partial charge in [0.05, 0.1) is 11.4 Å². The molecule has 0 unspecified atom stereocenters. The van der Waals surface area contributed by atoms with E-state index in [9.17, 15) is 4.79 Å². The summed E-state index contributed by atoms with van der Waals surface area (Å²) in [6.07, 6.45) is 1.76. The quantitative estimate of drug-likeness (QED) is 0.691. The summed E-state index contributed by atoms with van der Waals surface area (Å²) in [6, 6.07) is 10.3. The normalized spacial score (nSPS) is 15.7. The Morgan fingerprint density at radius 3 is 2.63 bits per heavy atom. The molecule has 1 N–H and O–H groups in total. The van der Waals surface area contributed by atoms with Crippen LogP contribution in [0.3, 0.4) is 0 Å². The lowest BCUT2D eigenvalue weighted by atomic mass is 9.96. The highest BCUT2D eigenvalue weighted by Crippen LogP contribution is 2.26. The number of carbonyl (C=O) groups excluding carboxylic acids is 1. The molecule has 4 rings (SSSR count). The molecule has 1 aromatic carbocycles. The van der Waals surface area contributed by atoms with Crippen LogP contribution in [0.25, 0.3) is 10.6 Å². The summed E-state index contributed by atoms with van der Waals surface area (Å²) < 4.78 is 0. The lowest BCUT2D eigenvalue weighted by Crippen LogP contribution is -2.37. The predicted molar refractivity (Wildman–Crippen MR) is 111 cm³/mol. The van der Waals surface area contributed by atoms with Crippen LogP contribution < -0.4 is 5.32 Å². The topological polar surface area (TPSA) is 58.1 Å². The van der Waals surface area contributed by atoms with Crippen molar-refractivity contribution >= 4 is 33.7 Å². The van der Waals surface area contributed by atoms with E-state index in [4.69, 9.17) is 4.98 Å². The Hall–Kier alpha value is -2.09. The molecule has 2 aromatic heterocycles.